The highest BCUT2D eigenvalue weighted by molar-refractivity contribution is 7.09. The van der Waals surface area contributed by atoms with Gasteiger partial charge in [0.2, 0.25) is 0 Å². The molecule has 0 aliphatic heterocycles. The molecule has 3 heteroatoms. The molecule has 0 fully saturated rings. The predicted molar refractivity (Wildman–Crippen MR) is 53.8 cm³/mol. The fourth-order valence-electron chi connectivity index (χ4n) is 0.822. The van der Waals surface area contributed by atoms with E-state index < -0.39 is 0 Å². The maximum absolute atomic E-state index is 11.0. The lowest BCUT2D eigenvalue weighted by molar-refractivity contribution is -0.138. The zero-order valence-electron chi connectivity index (χ0n) is 7.58. The van der Waals surface area contributed by atoms with Gasteiger partial charge in [0.25, 0.3) is 0 Å². The summed E-state index contributed by atoms with van der Waals surface area (Å²) in [6.45, 7) is 5.58. The number of carbonyl (C=O) groups is 1. The SMILES string of the molecule is C=C(C)C(=O)OCCc1cccs1. The van der Waals surface area contributed by atoms with Crippen LogP contribution in [-0.4, -0.2) is 12.6 Å². The van der Waals surface area contributed by atoms with Crippen LogP contribution in [0.2, 0.25) is 0 Å². The molecule has 13 heavy (non-hydrogen) atoms. The molecule has 0 aliphatic rings. The number of esters is 1. The standard InChI is InChI=1S/C10H12O2S/c1-8(2)10(11)12-6-5-9-4-3-7-13-9/h3-4,7H,1,5-6H2,2H3. The molecule has 1 aromatic rings. The summed E-state index contributed by atoms with van der Waals surface area (Å²) < 4.78 is 4.94. The van der Waals surface area contributed by atoms with Crippen LogP contribution in [0.1, 0.15) is 11.8 Å². The number of ether oxygens (including phenoxy) is 1. The minimum absolute atomic E-state index is 0.309. The lowest BCUT2D eigenvalue weighted by Crippen LogP contribution is -2.07. The number of rotatable bonds is 4. The van der Waals surface area contributed by atoms with Gasteiger partial charge in [0.15, 0.2) is 0 Å². The molecule has 0 saturated heterocycles. The predicted octanol–water partition coefficient (Wildman–Crippen LogP) is 2.41. The lowest BCUT2D eigenvalue weighted by Gasteiger charge is -2.01. The van der Waals surface area contributed by atoms with E-state index in [1.165, 1.54) is 4.88 Å². The second-order valence-electron chi connectivity index (χ2n) is 2.75. The van der Waals surface area contributed by atoms with Gasteiger partial charge in [0.05, 0.1) is 6.61 Å². The second-order valence-corrected chi connectivity index (χ2v) is 3.78. The molecule has 0 amide bonds. The summed E-state index contributed by atoms with van der Waals surface area (Å²) in [6.07, 6.45) is 0.788. The van der Waals surface area contributed by atoms with Gasteiger partial charge >= 0.3 is 5.97 Å². The molecule has 70 valence electrons. The fourth-order valence-corrected chi connectivity index (χ4v) is 1.51. The van der Waals surface area contributed by atoms with E-state index in [9.17, 15) is 4.79 Å². The summed E-state index contributed by atoms with van der Waals surface area (Å²) in [5.74, 6) is -0.309. The second kappa shape index (κ2) is 4.82. The lowest BCUT2D eigenvalue weighted by atomic mass is 10.3. The zero-order chi connectivity index (χ0) is 9.68. The molecule has 0 atom stereocenters. The van der Waals surface area contributed by atoms with Crippen LogP contribution in [0.25, 0.3) is 0 Å². The minimum atomic E-state index is -0.309. The number of thiophene rings is 1. The van der Waals surface area contributed by atoms with Gasteiger partial charge in [-0.3, -0.25) is 0 Å². The Balaban J connectivity index is 2.22. The van der Waals surface area contributed by atoms with Crippen molar-refractivity contribution in [2.75, 3.05) is 6.61 Å². The number of carbonyl (C=O) groups excluding carboxylic acids is 1. The van der Waals surface area contributed by atoms with E-state index >= 15 is 0 Å². The topological polar surface area (TPSA) is 26.3 Å². The summed E-state index contributed by atoms with van der Waals surface area (Å²) >= 11 is 1.67. The summed E-state index contributed by atoms with van der Waals surface area (Å²) in [4.78, 5) is 12.2. The van der Waals surface area contributed by atoms with Gasteiger partial charge in [-0.1, -0.05) is 12.6 Å². The van der Waals surface area contributed by atoms with Crippen LogP contribution in [0.4, 0.5) is 0 Å². The van der Waals surface area contributed by atoms with Crippen molar-refractivity contribution >= 4 is 17.3 Å². The van der Waals surface area contributed by atoms with Crippen LogP contribution in [-0.2, 0) is 16.0 Å². The van der Waals surface area contributed by atoms with Crippen molar-refractivity contribution in [2.45, 2.75) is 13.3 Å². The Labute approximate surface area is 81.8 Å². The molecule has 1 aromatic heterocycles. The van der Waals surface area contributed by atoms with Gasteiger partial charge in [-0.15, -0.1) is 11.3 Å². The largest absolute Gasteiger partial charge is 0.462 e. The third kappa shape index (κ3) is 3.42. The molecule has 2 nitrogen and oxygen atoms in total. The highest BCUT2D eigenvalue weighted by Crippen LogP contribution is 2.09. The molecule has 0 N–H and O–H groups in total. The van der Waals surface area contributed by atoms with Gasteiger partial charge < -0.3 is 4.74 Å². The van der Waals surface area contributed by atoms with Crippen LogP contribution in [0.5, 0.6) is 0 Å². The summed E-state index contributed by atoms with van der Waals surface area (Å²) in [5.41, 5.74) is 0.450. The normalized spacial score (nSPS) is 9.62. The molecular weight excluding hydrogens is 184 g/mol. The average Bonchev–Trinajstić information content (AvgIpc) is 2.56. The molecule has 0 saturated carbocycles. The van der Waals surface area contributed by atoms with Crippen LogP contribution in [0.3, 0.4) is 0 Å². The van der Waals surface area contributed by atoms with Gasteiger partial charge in [-0.2, -0.15) is 0 Å². The highest BCUT2D eigenvalue weighted by Gasteiger charge is 2.02. The van der Waals surface area contributed by atoms with E-state index in [0.717, 1.165) is 6.42 Å². The molecule has 0 unspecified atom stereocenters. The van der Waals surface area contributed by atoms with E-state index in [2.05, 4.69) is 6.58 Å². The Morgan fingerprint density at radius 3 is 3.00 bits per heavy atom. The van der Waals surface area contributed by atoms with Crippen molar-refractivity contribution < 1.29 is 9.53 Å². The molecule has 0 aliphatic carbocycles. The Bertz CT molecular complexity index is 288. The summed E-state index contributed by atoms with van der Waals surface area (Å²) in [7, 11) is 0. The fraction of sp³-hybridized carbons (Fsp3) is 0.300. The van der Waals surface area contributed by atoms with E-state index in [-0.39, 0.29) is 5.97 Å². The van der Waals surface area contributed by atoms with Gasteiger partial charge in [-0.05, 0) is 18.4 Å². The van der Waals surface area contributed by atoms with Crippen molar-refractivity contribution in [1.29, 1.82) is 0 Å². The van der Waals surface area contributed by atoms with E-state index in [4.69, 9.17) is 4.74 Å². The molecule has 0 radical (unpaired) electrons. The first kappa shape index (κ1) is 9.99. The van der Waals surface area contributed by atoms with Crippen molar-refractivity contribution in [1.82, 2.24) is 0 Å². The van der Waals surface area contributed by atoms with E-state index in [1.54, 1.807) is 18.3 Å². The van der Waals surface area contributed by atoms with E-state index in [1.807, 2.05) is 17.5 Å². The highest BCUT2D eigenvalue weighted by atomic mass is 32.1. The molecule has 1 heterocycles. The quantitative estimate of drug-likeness (QED) is 0.546. The van der Waals surface area contributed by atoms with Gasteiger partial charge in [0.1, 0.15) is 0 Å². The minimum Gasteiger partial charge on any atom is -0.462 e. The first-order valence-electron chi connectivity index (χ1n) is 4.05. The smallest absolute Gasteiger partial charge is 0.333 e. The van der Waals surface area contributed by atoms with Crippen LogP contribution < -0.4 is 0 Å². The van der Waals surface area contributed by atoms with Crippen molar-refractivity contribution in [3.8, 4) is 0 Å². The van der Waals surface area contributed by atoms with Crippen LogP contribution in [0.15, 0.2) is 29.7 Å². The Kier molecular flexibility index (Phi) is 3.71. The summed E-state index contributed by atoms with van der Waals surface area (Å²) in [6, 6.07) is 4.01. The molecule has 0 spiro atoms. The summed E-state index contributed by atoms with van der Waals surface area (Å²) in [5, 5.41) is 2.01. The molecular formula is C10H12O2S. The van der Waals surface area contributed by atoms with Crippen molar-refractivity contribution in [2.24, 2.45) is 0 Å². The van der Waals surface area contributed by atoms with Gasteiger partial charge in [0, 0.05) is 16.9 Å². The third-order valence-corrected chi connectivity index (χ3v) is 2.45. The molecule has 0 bridgehead atoms. The number of hydrogen-bond acceptors (Lipinski definition) is 3. The Morgan fingerprint density at radius 2 is 2.46 bits per heavy atom. The Morgan fingerprint density at radius 1 is 1.69 bits per heavy atom. The number of hydrogen-bond donors (Lipinski definition) is 0. The van der Waals surface area contributed by atoms with E-state index in [0.29, 0.717) is 12.2 Å². The maximum Gasteiger partial charge on any atom is 0.333 e. The first-order valence-corrected chi connectivity index (χ1v) is 4.93. The Hall–Kier alpha value is -1.09. The monoisotopic (exact) mass is 196 g/mol. The first-order chi connectivity index (χ1) is 6.20. The third-order valence-electron chi connectivity index (χ3n) is 1.51. The molecule has 1 rings (SSSR count). The van der Waals surface area contributed by atoms with Crippen LogP contribution >= 0.6 is 11.3 Å². The van der Waals surface area contributed by atoms with Crippen molar-refractivity contribution in [3.63, 3.8) is 0 Å². The van der Waals surface area contributed by atoms with Crippen LogP contribution in [0, 0.1) is 0 Å². The average molecular weight is 196 g/mol. The van der Waals surface area contributed by atoms with Crippen molar-refractivity contribution in [3.05, 3.63) is 34.5 Å². The zero-order valence-corrected chi connectivity index (χ0v) is 8.39. The van der Waals surface area contributed by atoms with Gasteiger partial charge in [-0.25, -0.2) is 4.79 Å². The molecule has 0 aromatic carbocycles. The maximum atomic E-state index is 11.0.